The zero-order valence-corrected chi connectivity index (χ0v) is 11.7. The first-order chi connectivity index (χ1) is 9.76. The molecule has 102 valence electrons. The maximum atomic E-state index is 13.4. The number of aliphatic hydroxyl groups is 1. The van der Waals surface area contributed by atoms with Gasteiger partial charge < -0.3 is 10.0 Å². The first-order valence-electron chi connectivity index (χ1n) is 6.47. The molecule has 0 aliphatic carbocycles. The Morgan fingerprint density at radius 1 is 1.35 bits per heavy atom. The van der Waals surface area contributed by atoms with Gasteiger partial charge in [0, 0.05) is 28.1 Å². The van der Waals surface area contributed by atoms with E-state index in [9.17, 15) is 4.39 Å². The summed E-state index contributed by atoms with van der Waals surface area (Å²) >= 11 is 1.65. The minimum atomic E-state index is -0.184. The number of thiophene rings is 1. The first-order valence-corrected chi connectivity index (χ1v) is 7.35. The van der Waals surface area contributed by atoms with E-state index in [0.29, 0.717) is 0 Å². The zero-order chi connectivity index (χ0) is 13.9. The fourth-order valence-electron chi connectivity index (χ4n) is 2.44. The Hall–Kier alpha value is -1.83. The highest BCUT2D eigenvalue weighted by atomic mass is 32.1. The summed E-state index contributed by atoms with van der Waals surface area (Å²) in [5.74, 6) is 5.36. The van der Waals surface area contributed by atoms with Gasteiger partial charge in [-0.2, -0.15) is 0 Å². The zero-order valence-electron chi connectivity index (χ0n) is 10.9. The molecule has 1 aliphatic rings. The molecule has 3 rings (SSSR count). The van der Waals surface area contributed by atoms with Crippen LogP contribution in [0, 0.1) is 17.7 Å². The summed E-state index contributed by atoms with van der Waals surface area (Å²) in [6.07, 6.45) is 0.970. The second-order valence-corrected chi connectivity index (χ2v) is 5.70. The highest BCUT2D eigenvalue weighted by molar-refractivity contribution is 7.10. The van der Waals surface area contributed by atoms with E-state index in [1.807, 2.05) is 17.5 Å². The van der Waals surface area contributed by atoms with Gasteiger partial charge >= 0.3 is 0 Å². The Balaban J connectivity index is 1.77. The summed E-state index contributed by atoms with van der Waals surface area (Å²) in [7, 11) is 0. The quantitative estimate of drug-likeness (QED) is 0.859. The Kier molecular flexibility index (Phi) is 3.72. The molecule has 4 heteroatoms. The third-order valence-electron chi connectivity index (χ3n) is 3.35. The van der Waals surface area contributed by atoms with Gasteiger partial charge in [0.05, 0.1) is 6.54 Å². The minimum Gasteiger partial charge on any atom is -0.384 e. The summed E-state index contributed by atoms with van der Waals surface area (Å²) in [6, 6.07) is 7.04. The Bertz CT molecular complexity index is 683. The van der Waals surface area contributed by atoms with Crippen molar-refractivity contribution in [1.82, 2.24) is 0 Å². The molecule has 1 N–H and O–H groups in total. The molecule has 0 fully saturated rings. The van der Waals surface area contributed by atoms with E-state index in [1.54, 1.807) is 17.4 Å². The van der Waals surface area contributed by atoms with Crippen LogP contribution in [-0.2, 0) is 13.0 Å². The van der Waals surface area contributed by atoms with Gasteiger partial charge in [-0.25, -0.2) is 4.39 Å². The van der Waals surface area contributed by atoms with Crippen molar-refractivity contribution in [3.8, 4) is 11.8 Å². The third kappa shape index (κ3) is 2.69. The predicted octanol–water partition coefficient (Wildman–Crippen LogP) is 2.79. The van der Waals surface area contributed by atoms with Crippen molar-refractivity contribution in [2.75, 3.05) is 18.1 Å². The van der Waals surface area contributed by atoms with Gasteiger partial charge in [-0.05, 0) is 30.2 Å². The molecule has 0 spiro atoms. The van der Waals surface area contributed by atoms with Crippen LogP contribution in [0.15, 0.2) is 29.6 Å². The lowest BCUT2D eigenvalue weighted by Crippen LogP contribution is -2.18. The highest BCUT2D eigenvalue weighted by Gasteiger charge is 2.20. The van der Waals surface area contributed by atoms with Crippen molar-refractivity contribution in [3.63, 3.8) is 0 Å². The van der Waals surface area contributed by atoms with Crippen LogP contribution in [0.5, 0.6) is 0 Å². The van der Waals surface area contributed by atoms with E-state index in [0.717, 1.165) is 30.8 Å². The number of fused-ring (bicyclic) bond motifs is 1. The van der Waals surface area contributed by atoms with Gasteiger partial charge in [-0.15, -0.1) is 11.3 Å². The van der Waals surface area contributed by atoms with Crippen LogP contribution in [0.1, 0.15) is 16.0 Å². The van der Waals surface area contributed by atoms with Crippen molar-refractivity contribution in [3.05, 3.63) is 51.5 Å². The van der Waals surface area contributed by atoms with E-state index in [4.69, 9.17) is 5.11 Å². The number of hydrogen-bond donors (Lipinski definition) is 1. The van der Waals surface area contributed by atoms with Crippen LogP contribution < -0.4 is 4.90 Å². The molecule has 0 bridgehead atoms. The SMILES string of the molecule is OCC#Cc1csc(CN2CCc3ccc(F)cc32)c1. The fourth-order valence-corrected chi connectivity index (χ4v) is 3.27. The topological polar surface area (TPSA) is 23.5 Å². The van der Waals surface area contributed by atoms with Crippen LogP contribution >= 0.6 is 11.3 Å². The number of anilines is 1. The second kappa shape index (κ2) is 5.66. The molecule has 1 aromatic carbocycles. The van der Waals surface area contributed by atoms with E-state index in [-0.39, 0.29) is 12.4 Å². The maximum Gasteiger partial charge on any atom is 0.125 e. The standard InChI is InChI=1S/C16H14FNOS/c17-14-4-3-13-5-6-18(16(13)9-14)10-15-8-12(11-20-15)2-1-7-19/h3-4,8-9,11,19H,5-7,10H2. The lowest BCUT2D eigenvalue weighted by Gasteiger charge is -2.18. The number of halogens is 1. The summed E-state index contributed by atoms with van der Waals surface area (Å²) in [6.45, 7) is 1.58. The molecule has 2 aromatic rings. The number of benzene rings is 1. The fraction of sp³-hybridized carbons (Fsp3) is 0.250. The number of hydrogen-bond acceptors (Lipinski definition) is 3. The highest BCUT2D eigenvalue weighted by Crippen LogP contribution is 2.31. The molecule has 2 heterocycles. The van der Waals surface area contributed by atoms with Gasteiger partial charge in [0.15, 0.2) is 0 Å². The molecule has 1 aliphatic heterocycles. The molecular formula is C16H14FNOS. The van der Waals surface area contributed by atoms with Crippen LogP contribution in [0.25, 0.3) is 0 Å². The van der Waals surface area contributed by atoms with Gasteiger partial charge in [0.25, 0.3) is 0 Å². The molecule has 0 amide bonds. The van der Waals surface area contributed by atoms with Crippen LogP contribution in [0.2, 0.25) is 0 Å². The van der Waals surface area contributed by atoms with E-state index in [2.05, 4.69) is 16.7 Å². The van der Waals surface area contributed by atoms with Gasteiger partial charge in [0.2, 0.25) is 0 Å². The number of rotatable bonds is 2. The lowest BCUT2D eigenvalue weighted by atomic mass is 10.2. The molecule has 0 unspecified atom stereocenters. The van der Waals surface area contributed by atoms with E-state index in [1.165, 1.54) is 16.5 Å². The van der Waals surface area contributed by atoms with E-state index >= 15 is 0 Å². The monoisotopic (exact) mass is 287 g/mol. The normalized spacial score (nSPS) is 13.0. The van der Waals surface area contributed by atoms with Crippen molar-refractivity contribution < 1.29 is 9.50 Å². The Morgan fingerprint density at radius 3 is 3.10 bits per heavy atom. The van der Waals surface area contributed by atoms with Crippen molar-refractivity contribution in [2.24, 2.45) is 0 Å². The predicted molar refractivity (Wildman–Crippen MR) is 79.4 cm³/mol. The molecule has 20 heavy (non-hydrogen) atoms. The molecule has 2 nitrogen and oxygen atoms in total. The summed E-state index contributed by atoms with van der Waals surface area (Å²) < 4.78 is 13.4. The average Bonchev–Trinajstić information content (AvgIpc) is 3.05. The van der Waals surface area contributed by atoms with Crippen LogP contribution in [0.4, 0.5) is 10.1 Å². The molecule has 1 aromatic heterocycles. The van der Waals surface area contributed by atoms with Crippen LogP contribution in [0.3, 0.4) is 0 Å². The molecule has 0 saturated carbocycles. The Labute approximate surface area is 121 Å². The van der Waals surface area contributed by atoms with E-state index < -0.39 is 0 Å². The lowest BCUT2D eigenvalue weighted by molar-refractivity contribution is 0.350. The van der Waals surface area contributed by atoms with Gasteiger partial charge in [-0.1, -0.05) is 17.9 Å². The minimum absolute atomic E-state index is 0.121. The molecule has 0 atom stereocenters. The molecular weight excluding hydrogens is 273 g/mol. The van der Waals surface area contributed by atoms with Gasteiger partial charge in [-0.3, -0.25) is 0 Å². The second-order valence-electron chi connectivity index (χ2n) is 4.71. The number of nitrogens with zero attached hydrogens (tertiary/aromatic N) is 1. The maximum absolute atomic E-state index is 13.4. The average molecular weight is 287 g/mol. The Morgan fingerprint density at radius 2 is 2.25 bits per heavy atom. The van der Waals surface area contributed by atoms with Crippen LogP contribution in [-0.4, -0.2) is 18.3 Å². The molecule has 0 radical (unpaired) electrons. The first kappa shape index (κ1) is 13.2. The summed E-state index contributed by atoms with van der Waals surface area (Å²) in [5.41, 5.74) is 3.14. The molecule has 0 saturated heterocycles. The largest absolute Gasteiger partial charge is 0.384 e. The summed E-state index contributed by atoms with van der Waals surface area (Å²) in [5, 5.41) is 10.7. The number of aliphatic hydroxyl groups excluding tert-OH is 1. The van der Waals surface area contributed by atoms with Crippen molar-refractivity contribution in [2.45, 2.75) is 13.0 Å². The third-order valence-corrected chi connectivity index (χ3v) is 4.27. The van der Waals surface area contributed by atoms with Crippen molar-refractivity contribution in [1.29, 1.82) is 0 Å². The van der Waals surface area contributed by atoms with Gasteiger partial charge in [0.1, 0.15) is 12.4 Å². The summed E-state index contributed by atoms with van der Waals surface area (Å²) in [4.78, 5) is 3.40. The smallest absolute Gasteiger partial charge is 0.125 e. The van der Waals surface area contributed by atoms with Crippen molar-refractivity contribution >= 4 is 17.0 Å².